The second-order valence-electron chi connectivity index (χ2n) is 3.99. The quantitative estimate of drug-likeness (QED) is 0.813. The largest absolute Gasteiger partial charge is 0.438 e. The fourth-order valence-corrected chi connectivity index (χ4v) is 1.70. The van der Waals surface area contributed by atoms with Crippen LogP contribution in [0.3, 0.4) is 0 Å². The predicted octanol–water partition coefficient (Wildman–Crippen LogP) is 2.38. The van der Waals surface area contributed by atoms with Crippen molar-refractivity contribution < 1.29 is 9.21 Å². The highest BCUT2D eigenvalue weighted by atomic mass is 16.3. The SMILES string of the molecule is CCc1ccc(NC(=O)c2ocnc2C)cc1N. The minimum Gasteiger partial charge on any atom is -0.438 e. The Hall–Kier alpha value is -2.30. The number of nitrogens with zero attached hydrogens (tertiary/aromatic N) is 1. The number of benzene rings is 1. The highest BCUT2D eigenvalue weighted by Gasteiger charge is 2.14. The van der Waals surface area contributed by atoms with Crippen molar-refractivity contribution in [3.05, 3.63) is 41.6 Å². The second-order valence-corrected chi connectivity index (χ2v) is 3.99. The fourth-order valence-electron chi connectivity index (χ4n) is 1.70. The number of hydrogen-bond donors (Lipinski definition) is 2. The van der Waals surface area contributed by atoms with E-state index in [0.717, 1.165) is 12.0 Å². The molecule has 0 unspecified atom stereocenters. The number of aryl methyl sites for hydroxylation is 2. The van der Waals surface area contributed by atoms with E-state index in [9.17, 15) is 4.79 Å². The number of carbonyl (C=O) groups is 1. The van der Waals surface area contributed by atoms with Gasteiger partial charge in [0.05, 0.1) is 5.69 Å². The molecule has 2 aromatic rings. The third kappa shape index (κ3) is 2.34. The molecule has 1 aromatic heterocycles. The van der Waals surface area contributed by atoms with E-state index < -0.39 is 0 Å². The van der Waals surface area contributed by atoms with Crippen molar-refractivity contribution in [2.24, 2.45) is 0 Å². The third-order valence-corrected chi connectivity index (χ3v) is 2.74. The van der Waals surface area contributed by atoms with Gasteiger partial charge in [-0.1, -0.05) is 13.0 Å². The molecule has 1 amide bonds. The third-order valence-electron chi connectivity index (χ3n) is 2.74. The first-order valence-electron chi connectivity index (χ1n) is 5.71. The summed E-state index contributed by atoms with van der Waals surface area (Å²) in [6.45, 7) is 3.74. The zero-order chi connectivity index (χ0) is 13.1. The van der Waals surface area contributed by atoms with Crippen molar-refractivity contribution in [2.45, 2.75) is 20.3 Å². The summed E-state index contributed by atoms with van der Waals surface area (Å²) >= 11 is 0. The monoisotopic (exact) mass is 245 g/mol. The molecular weight excluding hydrogens is 230 g/mol. The van der Waals surface area contributed by atoms with Crippen molar-refractivity contribution in [2.75, 3.05) is 11.1 Å². The highest BCUT2D eigenvalue weighted by molar-refractivity contribution is 6.03. The maximum absolute atomic E-state index is 11.9. The van der Waals surface area contributed by atoms with Gasteiger partial charge in [-0.15, -0.1) is 0 Å². The van der Waals surface area contributed by atoms with E-state index in [0.29, 0.717) is 17.1 Å². The van der Waals surface area contributed by atoms with Crippen LogP contribution in [-0.2, 0) is 6.42 Å². The van der Waals surface area contributed by atoms with Crippen LogP contribution in [-0.4, -0.2) is 10.9 Å². The van der Waals surface area contributed by atoms with Crippen LogP contribution in [0.15, 0.2) is 29.0 Å². The lowest BCUT2D eigenvalue weighted by Gasteiger charge is -2.07. The zero-order valence-electron chi connectivity index (χ0n) is 10.4. The van der Waals surface area contributed by atoms with Gasteiger partial charge in [0.1, 0.15) is 0 Å². The summed E-state index contributed by atoms with van der Waals surface area (Å²) in [4.78, 5) is 15.7. The molecule has 0 aliphatic carbocycles. The van der Waals surface area contributed by atoms with E-state index in [1.165, 1.54) is 6.39 Å². The normalized spacial score (nSPS) is 10.3. The van der Waals surface area contributed by atoms with Gasteiger partial charge in [0, 0.05) is 11.4 Å². The van der Waals surface area contributed by atoms with Gasteiger partial charge < -0.3 is 15.5 Å². The minimum absolute atomic E-state index is 0.216. The van der Waals surface area contributed by atoms with Gasteiger partial charge in [0.15, 0.2) is 6.39 Å². The average Bonchev–Trinajstić information content (AvgIpc) is 2.76. The standard InChI is InChI=1S/C13H15N3O2/c1-3-9-4-5-10(6-11(9)14)16-13(17)12-8(2)15-7-18-12/h4-7H,3,14H2,1-2H3,(H,16,17). The van der Waals surface area contributed by atoms with E-state index in [4.69, 9.17) is 10.2 Å². The average molecular weight is 245 g/mol. The molecule has 0 aliphatic heterocycles. The molecule has 0 fully saturated rings. The molecule has 0 bridgehead atoms. The van der Waals surface area contributed by atoms with Crippen molar-refractivity contribution in [3.8, 4) is 0 Å². The van der Waals surface area contributed by atoms with Crippen LogP contribution in [0.2, 0.25) is 0 Å². The topological polar surface area (TPSA) is 81.2 Å². The van der Waals surface area contributed by atoms with Crippen LogP contribution in [0.25, 0.3) is 0 Å². The van der Waals surface area contributed by atoms with Gasteiger partial charge in [-0.2, -0.15) is 0 Å². The summed E-state index contributed by atoms with van der Waals surface area (Å²) in [6.07, 6.45) is 2.11. The molecule has 0 saturated heterocycles. The summed E-state index contributed by atoms with van der Waals surface area (Å²) in [6, 6.07) is 5.46. The first-order valence-corrected chi connectivity index (χ1v) is 5.71. The highest BCUT2D eigenvalue weighted by Crippen LogP contribution is 2.19. The first-order chi connectivity index (χ1) is 8.61. The number of hydrogen-bond acceptors (Lipinski definition) is 4. The van der Waals surface area contributed by atoms with Crippen LogP contribution in [0, 0.1) is 6.92 Å². The lowest BCUT2D eigenvalue weighted by Crippen LogP contribution is -2.12. The van der Waals surface area contributed by atoms with Gasteiger partial charge in [0.2, 0.25) is 5.76 Å². The van der Waals surface area contributed by atoms with Gasteiger partial charge in [-0.25, -0.2) is 4.98 Å². The summed E-state index contributed by atoms with van der Waals surface area (Å²) in [7, 11) is 0. The van der Waals surface area contributed by atoms with Gasteiger partial charge >= 0.3 is 0 Å². The minimum atomic E-state index is -0.325. The zero-order valence-corrected chi connectivity index (χ0v) is 10.4. The van der Waals surface area contributed by atoms with E-state index in [1.54, 1.807) is 13.0 Å². The number of nitrogen functional groups attached to an aromatic ring is 1. The lowest BCUT2D eigenvalue weighted by molar-refractivity contribution is 0.0996. The number of anilines is 2. The van der Waals surface area contributed by atoms with Crippen LogP contribution < -0.4 is 11.1 Å². The summed E-state index contributed by atoms with van der Waals surface area (Å²) < 4.78 is 5.02. The Morgan fingerprint density at radius 1 is 1.50 bits per heavy atom. The molecule has 0 radical (unpaired) electrons. The van der Waals surface area contributed by atoms with E-state index in [2.05, 4.69) is 10.3 Å². The van der Waals surface area contributed by atoms with Gasteiger partial charge in [-0.3, -0.25) is 4.79 Å². The Balaban J connectivity index is 2.17. The molecule has 1 aromatic carbocycles. The number of amides is 1. The molecule has 2 rings (SSSR count). The second kappa shape index (κ2) is 4.91. The molecular formula is C13H15N3O2. The van der Waals surface area contributed by atoms with E-state index in [1.807, 2.05) is 19.1 Å². The van der Waals surface area contributed by atoms with E-state index in [-0.39, 0.29) is 11.7 Å². The molecule has 0 spiro atoms. The fraction of sp³-hybridized carbons (Fsp3) is 0.231. The Labute approximate surface area is 105 Å². The first kappa shape index (κ1) is 12.2. The predicted molar refractivity (Wildman–Crippen MR) is 69.4 cm³/mol. The smallest absolute Gasteiger partial charge is 0.293 e. The number of aromatic nitrogens is 1. The van der Waals surface area contributed by atoms with Crippen LogP contribution in [0.1, 0.15) is 28.7 Å². The summed E-state index contributed by atoms with van der Waals surface area (Å²) in [5.41, 5.74) is 8.80. The lowest BCUT2D eigenvalue weighted by atomic mass is 10.1. The molecule has 0 aliphatic rings. The van der Waals surface area contributed by atoms with Gasteiger partial charge in [-0.05, 0) is 31.0 Å². The molecule has 5 heteroatoms. The molecule has 3 N–H and O–H groups in total. The van der Waals surface area contributed by atoms with Crippen molar-refractivity contribution in [1.29, 1.82) is 0 Å². The Morgan fingerprint density at radius 3 is 2.83 bits per heavy atom. The number of rotatable bonds is 3. The molecule has 94 valence electrons. The number of nitrogens with one attached hydrogen (secondary N) is 1. The Morgan fingerprint density at radius 2 is 2.28 bits per heavy atom. The van der Waals surface area contributed by atoms with Crippen molar-refractivity contribution in [1.82, 2.24) is 4.98 Å². The van der Waals surface area contributed by atoms with Crippen LogP contribution >= 0.6 is 0 Å². The van der Waals surface area contributed by atoms with Crippen LogP contribution in [0.5, 0.6) is 0 Å². The molecule has 0 saturated carbocycles. The number of oxazole rings is 1. The molecule has 0 atom stereocenters. The van der Waals surface area contributed by atoms with E-state index >= 15 is 0 Å². The number of carbonyl (C=O) groups excluding carboxylic acids is 1. The number of nitrogens with two attached hydrogens (primary N) is 1. The maximum Gasteiger partial charge on any atom is 0.293 e. The summed E-state index contributed by atoms with van der Waals surface area (Å²) in [5, 5.41) is 2.72. The molecule has 5 nitrogen and oxygen atoms in total. The molecule has 18 heavy (non-hydrogen) atoms. The van der Waals surface area contributed by atoms with Crippen LogP contribution in [0.4, 0.5) is 11.4 Å². The summed E-state index contributed by atoms with van der Waals surface area (Å²) in [5.74, 6) is -0.109. The van der Waals surface area contributed by atoms with Crippen molar-refractivity contribution in [3.63, 3.8) is 0 Å². The van der Waals surface area contributed by atoms with Gasteiger partial charge in [0.25, 0.3) is 5.91 Å². The molecule has 1 heterocycles. The van der Waals surface area contributed by atoms with Crippen molar-refractivity contribution >= 4 is 17.3 Å². The Bertz CT molecular complexity index is 575. The maximum atomic E-state index is 11.9. The Kier molecular flexibility index (Phi) is 3.32.